The molecule has 2 aliphatic rings. The summed E-state index contributed by atoms with van der Waals surface area (Å²) in [5.74, 6) is -1.72. The smallest absolute Gasteiger partial charge is 0.328 e. The van der Waals surface area contributed by atoms with Gasteiger partial charge in [0.1, 0.15) is 11.6 Å². The molecule has 0 radical (unpaired) electrons. The Kier molecular flexibility index (Phi) is 8.39. The molecule has 216 valence electrons. The predicted octanol–water partition coefficient (Wildman–Crippen LogP) is 2.76. The van der Waals surface area contributed by atoms with Gasteiger partial charge in [-0.3, -0.25) is 14.6 Å². The fourth-order valence-corrected chi connectivity index (χ4v) is 5.96. The number of halogens is 2. The number of hydrogen-bond acceptors (Lipinski definition) is 6. The van der Waals surface area contributed by atoms with Crippen LogP contribution in [-0.2, 0) is 17.8 Å². The minimum atomic E-state index is -1.31. The Hall–Kier alpha value is -3.80. The van der Waals surface area contributed by atoms with Gasteiger partial charge in [0.2, 0.25) is 0 Å². The van der Waals surface area contributed by atoms with E-state index in [1.54, 1.807) is 36.4 Å². The number of β-amino-alcohol motifs (C(OH)–C–C–N with tert-alkyl or cyclic N) is 1. The van der Waals surface area contributed by atoms with Crippen LogP contribution in [0.1, 0.15) is 38.3 Å². The lowest BCUT2D eigenvalue weighted by Gasteiger charge is -2.30. The minimum absolute atomic E-state index is 0.0200. The highest BCUT2D eigenvalue weighted by molar-refractivity contribution is 6.40. The average Bonchev–Trinajstić information content (AvgIpc) is 3.60. The fraction of sp³-hybridized carbons (Fsp3) is 0.357. The molecule has 2 aromatic carbocycles. The molecule has 1 aromatic heterocycles. The summed E-state index contributed by atoms with van der Waals surface area (Å²) in [5, 5.41) is 26.1. The highest BCUT2D eigenvalue weighted by Crippen LogP contribution is 2.35. The van der Waals surface area contributed by atoms with E-state index in [0.717, 1.165) is 5.39 Å². The predicted molar refractivity (Wildman–Crippen MR) is 154 cm³/mol. The summed E-state index contributed by atoms with van der Waals surface area (Å²) in [6.07, 6.45) is 2.07. The molecule has 41 heavy (non-hydrogen) atoms. The van der Waals surface area contributed by atoms with Gasteiger partial charge in [-0.1, -0.05) is 29.3 Å². The number of fused-ring (bicyclic) bond motifs is 2. The van der Waals surface area contributed by atoms with Crippen LogP contribution in [0, 0.1) is 0 Å². The number of carbonyl (C=O) groups excluding carboxylic acids is 2. The number of aliphatic hydroxyl groups is 1. The van der Waals surface area contributed by atoms with Crippen molar-refractivity contribution in [3.63, 3.8) is 0 Å². The van der Waals surface area contributed by atoms with Crippen LogP contribution in [0.2, 0.25) is 10.0 Å². The molecule has 5 rings (SSSR count). The Balaban J connectivity index is 1.28. The number of aliphatic carboxylic acids is 1. The number of carbonyl (C=O) groups is 3. The summed E-state index contributed by atoms with van der Waals surface area (Å²) in [4.78, 5) is 46.0. The quantitative estimate of drug-likeness (QED) is 0.249. The third-order valence-corrected chi connectivity index (χ3v) is 8.08. The van der Waals surface area contributed by atoms with E-state index in [1.165, 1.54) is 0 Å². The Morgan fingerprint density at radius 2 is 1.98 bits per heavy atom. The van der Waals surface area contributed by atoms with Crippen LogP contribution in [0.15, 0.2) is 46.0 Å². The van der Waals surface area contributed by atoms with E-state index in [4.69, 9.17) is 27.6 Å². The zero-order valence-corrected chi connectivity index (χ0v) is 23.7. The van der Waals surface area contributed by atoms with Gasteiger partial charge in [0.15, 0.2) is 5.96 Å². The molecule has 3 aromatic rings. The summed E-state index contributed by atoms with van der Waals surface area (Å²) in [5.41, 5.74) is 2.49. The van der Waals surface area contributed by atoms with E-state index in [2.05, 4.69) is 15.6 Å². The zero-order valence-electron chi connectivity index (χ0n) is 22.2. The van der Waals surface area contributed by atoms with Crippen molar-refractivity contribution >= 4 is 57.9 Å². The largest absolute Gasteiger partial charge is 0.480 e. The van der Waals surface area contributed by atoms with Crippen molar-refractivity contribution in [2.75, 3.05) is 33.2 Å². The molecular formula is C28H29Cl2N5O6. The maximum atomic E-state index is 13.2. The van der Waals surface area contributed by atoms with Gasteiger partial charge in [0.25, 0.3) is 11.8 Å². The highest BCUT2D eigenvalue weighted by Gasteiger charge is 2.30. The zero-order chi connectivity index (χ0) is 29.3. The van der Waals surface area contributed by atoms with Gasteiger partial charge in [-0.2, -0.15) is 0 Å². The first-order valence-corrected chi connectivity index (χ1v) is 13.9. The number of rotatable bonds is 6. The molecule has 0 bridgehead atoms. The fourth-order valence-electron chi connectivity index (χ4n) is 5.19. The van der Waals surface area contributed by atoms with Crippen molar-refractivity contribution in [1.29, 1.82) is 0 Å². The first-order valence-electron chi connectivity index (χ1n) is 13.1. The Morgan fingerprint density at radius 1 is 1.17 bits per heavy atom. The van der Waals surface area contributed by atoms with Gasteiger partial charge in [0.05, 0.1) is 28.0 Å². The molecule has 0 spiro atoms. The third-order valence-electron chi connectivity index (χ3n) is 7.36. The van der Waals surface area contributed by atoms with E-state index < -0.39 is 24.0 Å². The first-order chi connectivity index (χ1) is 19.7. The van der Waals surface area contributed by atoms with Crippen LogP contribution in [0.4, 0.5) is 0 Å². The molecule has 11 nitrogen and oxygen atoms in total. The monoisotopic (exact) mass is 601 g/mol. The summed E-state index contributed by atoms with van der Waals surface area (Å²) in [6.45, 7) is 1.43. The van der Waals surface area contributed by atoms with Crippen LogP contribution < -0.4 is 10.6 Å². The van der Waals surface area contributed by atoms with E-state index in [1.807, 2.05) is 17.0 Å². The van der Waals surface area contributed by atoms with Crippen LogP contribution in [-0.4, -0.2) is 89.1 Å². The Bertz CT molecular complexity index is 1540. The number of carboxylic acids is 1. The topological polar surface area (TPSA) is 148 Å². The van der Waals surface area contributed by atoms with E-state index in [9.17, 15) is 24.6 Å². The standard InChI is InChI=1S/C28H29Cl2N5O6/c1-31-28(35-7-4-18(36)14-35)32-12-21(27(39)40)33-25(37)23-20(29)10-17-13-34(8-5-19(17)24(23)30)26(38)16-3-2-15-6-9-41-22(15)11-16/h2-3,6,9-11,18,21,36H,4-5,7-8,12-14H2,1H3,(H,31,32)(H,33,37)(H,39,40)/t18-,21+/m1/s1. The number of furan rings is 1. The number of nitrogens with zero attached hydrogens (tertiary/aromatic N) is 3. The lowest BCUT2D eigenvalue weighted by atomic mass is 9.96. The number of guanidine groups is 1. The molecule has 3 heterocycles. The summed E-state index contributed by atoms with van der Waals surface area (Å²) >= 11 is 13.2. The maximum Gasteiger partial charge on any atom is 0.328 e. The lowest BCUT2D eigenvalue weighted by molar-refractivity contribution is -0.139. The Labute approximate surface area is 245 Å². The average molecular weight is 602 g/mol. The molecule has 0 saturated carbocycles. The van der Waals surface area contributed by atoms with E-state index in [0.29, 0.717) is 60.7 Å². The van der Waals surface area contributed by atoms with Crippen molar-refractivity contribution < 1.29 is 29.0 Å². The summed E-state index contributed by atoms with van der Waals surface area (Å²) in [7, 11) is 1.56. The van der Waals surface area contributed by atoms with Gasteiger partial charge in [-0.15, -0.1) is 0 Å². The lowest BCUT2D eigenvalue weighted by Crippen LogP contribution is -2.51. The molecule has 1 fully saturated rings. The number of amides is 2. The van der Waals surface area contributed by atoms with Gasteiger partial charge < -0.3 is 35.1 Å². The molecule has 2 aliphatic heterocycles. The Morgan fingerprint density at radius 3 is 2.68 bits per heavy atom. The van der Waals surface area contributed by atoms with E-state index in [-0.39, 0.29) is 34.6 Å². The van der Waals surface area contributed by atoms with Crippen LogP contribution in [0.5, 0.6) is 0 Å². The molecule has 4 N–H and O–H groups in total. The molecule has 0 unspecified atom stereocenters. The first kappa shape index (κ1) is 28.7. The normalized spacial score (nSPS) is 17.9. The highest BCUT2D eigenvalue weighted by atomic mass is 35.5. The number of aliphatic hydroxyl groups excluding tert-OH is 1. The molecule has 2 amide bonds. The molecule has 2 atom stereocenters. The number of likely N-dealkylation sites (tertiary alicyclic amines) is 1. The van der Waals surface area contributed by atoms with Crippen molar-refractivity contribution in [3.05, 3.63) is 68.9 Å². The van der Waals surface area contributed by atoms with Crippen molar-refractivity contribution in [2.45, 2.75) is 31.5 Å². The van der Waals surface area contributed by atoms with Gasteiger partial charge >= 0.3 is 5.97 Å². The maximum absolute atomic E-state index is 13.2. The molecule has 0 aliphatic carbocycles. The third kappa shape index (κ3) is 5.97. The second-order valence-electron chi connectivity index (χ2n) is 10.0. The molecule has 1 saturated heterocycles. The number of carboxylic acid groups (broad SMARTS) is 1. The van der Waals surface area contributed by atoms with Crippen LogP contribution in [0.25, 0.3) is 11.0 Å². The van der Waals surface area contributed by atoms with Crippen LogP contribution in [0.3, 0.4) is 0 Å². The summed E-state index contributed by atoms with van der Waals surface area (Å²) in [6, 6.07) is 7.40. The number of aliphatic imine (C=N–C) groups is 1. The second-order valence-corrected chi connectivity index (χ2v) is 10.8. The van der Waals surface area contributed by atoms with Gasteiger partial charge in [-0.25, -0.2) is 4.79 Å². The molecular weight excluding hydrogens is 573 g/mol. The number of hydrogen-bond donors (Lipinski definition) is 4. The number of nitrogens with one attached hydrogen (secondary N) is 2. The van der Waals surface area contributed by atoms with Crippen LogP contribution >= 0.6 is 23.2 Å². The van der Waals surface area contributed by atoms with E-state index >= 15 is 0 Å². The van der Waals surface area contributed by atoms with Crippen molar-refractivity contribution in [2.24, 2.45) is 4.99 Å². The SMILES string of the molecule is CN=C(NC[C@H](NC(=O)c1c(Cl)cc2c(c1Cl)CCN(C(=O)c1ccc3ccoc3c1)C2)C(=O)O)N1CC[C@@H](O)C1. The van der Waals surface area contributed by atoms with Gasteiger partial charge in [0, 0.05) is 50.7 Å². The summed E-state index contributed by atoms with van der Waals surface area (Å²) < 4.78 is 5.42. The molecule has 13 heteroatoms. The van der Waals surface area contributed by atoms with Crippen molar-refractivity contribution in [3.8, 4) is 0 Å². The van der Waals surface area contributed by atoms with Gasteiger partial charge in [-0.05, 0) is 48.2 Å². The minimum Gasteiger partial charge on any atom is -0.480 e. The number of benzene rings is 2. The second kappa shape index (κ2) is 12.0. The van der Waals surface area contributed by atoms with Crippen molar-refractivity contribution in [1.82, 2.24) is 20.4 Å².